The number of nitrogen functional groups attached to an aromatic ring is 1. The molecule has 0 unspecified atom stereocenters. The first kappa shape index (κ1) is 25.3. The molecule has 4 aromatic rings. The monoisotopic (exact) mass is 532 g/mol. The molecule has 1 saturated carbocycles. The summed E-state index contributed by atoms with van der Waals surface area (Å²) in [7, 11) is 1.52. The van der Waals surface area contributed by atoms with Crippen LogP contribution in [-0.2, 0) is 4.79 Å². The number of carbonyl (C=O) groups is 3. The molecule has 2 aromatic carbocycles. The number of para-hydroxylation sites is 1. The average Bonchev–Trinajstić information content (AvgIpc) is 3.67. The van der Waals surface area contributed by atoms with Crippen LogP contribution >= 0.6 is 11.5 Å². The number of rotatable bonds is 8. The topological polar surface area (TPSA) is 156 Å². The van der Waals surface area contributed by atoms with Crippen LogP contribution in [0.4, 0.5) is 11.4 Å². The van der Waals surface area contributed by atoms with Crippen LogP contribution in [0.25, 0.3) is 10.9 Å². The smallest absolute Gasteiger partial charge is 0.273 e. The minimum Gasteiger partial charge on any atom is -0.497 e. The Kier molecular flexibility index (Phi) is 7.01. The zero-order valence-electron chi connectivity index (χ0n) is 20.8. The van der Waals surface area contributed by atoms with E-state index in [9.17, 15) is 14.4 Å². The number of hydrogen-bond acceptors (Lipinski definition) is 7. The van der Waals surface area contributed by atoms with Gasteiger partial charge in [0.05, 0.1) is 12.8 Å². The maximum absolute atomic E-state index is 14.2. The Labute approximate surface area is 223 Å². The van der Waals surface area contributed by atoms with Crippen molar-refractivity contribution in [3.8, 4) is 5.75 Å². The Morgan fingerprint density at radius 3 is 2.63 bits per heavy atom. The van der Waals surface area contributed by atoms with E-state index in [1.165, 1.54) is 12.0 Å². The molecule has 6 N–H and O–H groups in total. The summed E-state index contributed by atoms with van der Waals surface area (Å²) in [4.78, 5) is 44.8. The largest absolute Gasteiger partial charge is 0.497 e. The van der Waals surface area contributed by atoms with Crippen LogP contribution in [0.5, 0.6) is 5.75 Å². The lowest BCUT2D eigenvalue weighted by Gasteiger charge is -2.32. The summed E-state index contributed by atoms with van der Waals surface area (Å²) in [6.45, 7) is 0. The van der Waals surface area contributed by atoms with E-state index in [2.05, 4.69) is 14.7 Å². The van der Waals surface area contributed by atoms with Crippen LogP contribution in [0, 0.1) is 0 Å². The summed E-state index contributed by atoms with van der Waals surface area (Å²) in [5.41, 5.74) is 13.1. The van der Waals surface area contributed by atoms with E-state index >= 15 is 0 Å². The number of nitrogens with zero attached hydrogens (tertiary/aromatic N) is 2. The SMILES string of the molecule is COc1cccc(N(C(=O)c2snc(C(N)=O)c2N)[C@@H](C(=O)NC2CCCC2)c2c[nH]c3ccccc23)c1. The van der Waals surface area contributed by atoms with Crippen molar-refractivity contribution >= 4 is 51.5 Å². The third kappa shape index (κ3) is 4.68. The highest BCUT2D eigenvalue weighted by Gasteiger charge is 2.38. The summed E-state index contributed by atoms with van der Waals surface area (Å²) < 4.78 is 9.43. The van der Waals surface area contributed by atoms with E-state index < -0.39 is 17.9 Å². The molecule has 1 aliphatic rings. The molecule has 5 rings (SSSR count). The van der Waals surface area contributed by atoms with Crippen molar-refractivity contribution < 1.29 is 19.1 Å². The maximum atomic E-state index is 14.2. The lowest BCUT2D eigenvalue weighted by atomic mass is 10.0. The van der Waals surface area contributed by atoms with Gasteiger partial charge in [0, 0.05) is 40.5 Å². The zero-order valence-corrected chi connectivity index (χ0v) is 21.6. The van der Waals surface area contributed by atoms with Crippen molar-refractivity contribution in [3.05, 3.63) is 70.9 Å². The van der Waals surface area contributed by atoms with E-state index in [0.717, 1.165) is 48.1 Å². The Morgan fingerprint density at radius 2 is 1.92 bits per heavy atom. The van der Waals surface area contributed by atoms with Gasteiger partial charge in [-0.25, -0.2) is 0 Å². The summed E-state index contributed by atoms with van der Waals surface area (Å²) in [6.07, 6.45) is 5.57. The number of aromatic nitrogens is 2. The summed E-state index contributed by atoms with van der Waals surface area (Å²) in [5, 5.41) is 3.96. The molecular weight excluding hydrogens is 504 g/mol. The minimum atomic E-state index is -1.06. The second kappa shape index (κ2) is 10.5. The highest BCUT2D eigenvalue weighted by molar-refractivity contribution is 7.09. The number of amides is 3. The Morgan fingerprint density at radius 1 is 1.16 bits per heavy atom. The van der Waals surface area contributed by atoms with Gasteiger partial charge in [-0.15, -0.1) is 0 Å². The van der Waals surface area contributed by atoms with E-state index in [1.54, 1.807) is 30.5 Å². The molecule has 38 heavy (non-hydrogen) atoms. The van der Waals surface area contributed by atoms with Crippen LogP contribution in [0.3, 0.4) is 0 Å². The molecule has 196 valence electrons. The number of aromatic amines is 1. The fourth-order valence-corrected chi connectivity index (χ4v) is 5.69. The van der Waals surface area contributed by atoms with Gasteiger partial charge in [0.2, 0.25) is 5.91 Å². The molecule has 2 aromatic heterocycles. The zero-order chi connectivity index (χ0) is 26.8. The predicted octanol–water partition coefficient (Wildman–Crippen LogP) is 3.76. The van der Waals surface area contributed by atoms with E-state index in [1.807, 2.05) is 24.3 Å². The standard InChI is InChI=1S/C27H28N6O4S/c1-37-17-10-6-9-16(13-17)33(27(36)24-21(28)22(25(29)34)32-38-24)23(26(35)31-15-7-2-3-8-15)19-14-30-20-12-5-4-11-18(19)20/h4-6,9-15,23,30H,2-3,7-8,28H2,1H3,(H2,29,34)(H,31,35)/t23-/m1/s1. The van der Waals surface area contributed by atoms with Crippen molar-refractivity contribution in [3.63, 3.8) is 0 Å². The highest BCUT2D eigenvalue weighted by Crippen LogP contribution is 2.37. The Bertz CT molecular complexity index is 1510. The first-order valence-electron chi connectivity index (χ1n) is 12.3. The quantitative estimate of drug-likeness (QED) is 0.271. The Balaban J connectivity index is 1.70. The molecule has 1 atom stereocenters. The normalized spacial score (nSPS) is 14.3. The molecule has 0 bridgehead atoms. The maximum Gasteiger partial charge on any atom is 0.273 e. The number of fused-ring (bicyclic) bond motifs is 1. The second-order valence-electron chi connectivity index (χ2n) is 9.20. The third-order valence-electron chi connectivity index (χ3n) is 6.83. The van der Waals surface area contributed by atoms with Gasteiger partial charge in [0.25, 0.3) is 11.8 Å². The van der Waals surface area contributed by atoms with Crippen molar-refractivity contribution in [2.45, 2.75) is 37.8 Å². The number of benzene rings is 2. The number of nitrogens with two attached hydrogens (primary N) is 2. The number of methoxy groups -OCH3 is 1. The molecule has 1 aliphatic carbocycles. The molecule has 0 saturated heterocycles. The van der Waals surface area contributed by atoms with E-state index in [-0.39, 0.29) is 28.2 Å². The molecule has 0 radical (unpaired) electrons. The van der Waals surface area contributed by atoms with Crippen LogP contribution < -0.4 is 26.4 Å². The molecule has 0 spiro atoms. The van der Waals surface area contributed by atoms with Gasteiger partial charge in [0.15, 0.2) is 5.69 Å². The first-order chi connectivity index (χ1) is 18.4. The molecule has 11 heteroatoms. The summed E-state index contributed by atoms with van der Waals surface area (Å²) in [5.74, 6) is -1.24. The van der Waals surface area contributed by atoms with Gasteiger partial charge < -0.3 is 26.5 Å². The molecular formula is C27H28N6O4S. The van der Waals surface area contributed by atoms with E-state index in [4.69, 9.17) is 16.2 Å². The predicted molar refractivity (Wildman–Crippen MR) is 146 cm³/mol. The van der Waals surface area contributed by atoms with Crippen molar-refractivity contribution in [1.29, 1.82) is 0 Å². The first-order valence-corrected chi connectivity index (χ1v) is 13.0. The number of ether oxygens (including phenoxy) is 1. The van der Waals surface area contributed by atoms with Gasteiger partial charge in [-0.05, 0) is 42.6 Å². The number of nitrogens with one attached hydrogen (secondary N) is 2. The number of carbonyl (C=O) groups excluding carboxylic acids is 3. The third-order valence-corrected chi connectivity index (χ3v) is 7.68. The summed E-state index contributed by atoms with van der Waals surface area (Å²) >= 11 is 0.771. The van der Waals surface area contributed by atoms with Gasteiger partial charge >= 0.3 is 0 Å². The van der Waals surface area contributed by atoms with Gasteiger partial charge in [-0.2, -0.15) is 4.37 Å². The molecule has 2 heterocycles. The number of primary amides is 1. The molecule has 1 fully saturated rings. The van der Waals surface area contributed by atoms with E-state index in [0.29, 0.717) is 17.0 Å². The van der Waals surface area contributed by atoms with Gasteiger partial charge in [-0.1, -0.05) is 37.1 Å². The van der Waals surface area contributed by atoms with Crippen molar-refractivity contribution in [1.82, 2.24) is 14.7 Å². The number of H-pyrrole nitrogens is 1. The summed E-state index contributed by atoms with van der Waals surface area (Å²) in [6, 6.07) is 13.4. The number of hydrogen-bond donors (Lipinski definition) is 4. The lowest BCUT2D eigenvalue weighted by molar-refractivity contribution is -0.123. The van der Waals surface area contributed by atoms with Crippen LogP contribution in [0.15, 0.2) is 54.7 Å². The highest BCUT2D eigenvalue weighted by atomic mass is 32.1. The van der Waals surface area contributed by atoms with Crippen LogP contribution in [-0.4, -0.2) is 40.2 Å². The second-order valence-corrected chi connectivity index (χ2v) is 9.97. The van der Waals surface area contributed by atoms with Crippen molar-refractivity contribution in [2.75, 3.05) is 17.7 Å². The fraction of sp³-hybridized carbons (Fsp3) is 0.259. The van der Waals surface area contributed by atoms with Crippen molar-refractivity contribution in [2.24, 2.45) is 5.73 Å². The lowest BCUT2D eigenvalue weighted by Crippen LogP contribution is -2.46. The van der Waals surface area contributed by atoms with Gasteiger partial charge in [-0.3, -0.25) is 19.3 Å². The molecule has 0 aliphatic heterocycles. The molecule has 3 amide bonds. The fourth-order valence-electron chi connectivity index (χ4n) is 4.95. The van der Waals surface area contributed by atoms with Crippen LogP contribution in [0.2, 0.25) is 0 Å². The van der Waals surface area contributed by atoms with Crippen LogP contribution in [0.1, 0.15) is 57.4 Å². The Hall–Kier alpha value is -4.38. The molecule has 10 nitrogen and oxygen atoms in total. The van der Waals surface area contributed by atoms with Gasteiger partial charge in [0.1, 0.15) is 16.7 Å². The minimum absolute atomic E-state index is 0.0140. The number of anilines is 2. The average molecular weight is 533 g/mol.